The van der Waals surface area contributed by atoms with E-state index < -0.39 is 0 Å². The summed E-state index contributed by atoms with van der Waals surface area (Å²) >= 11 is 0. The predicted molar refractivity (Wildman–Crippen MR) is 89.4 cm³/mol. The van der Waals surface area contributed by atoms with Crippen molar-refractivity contribution < 1.29 is 9.32 Å². The third kappa shape index (κ3) is 3.90. The zero-order valence-corrected chi connectivity index (χ0v) is 13.5. The van der Waals surface area contributed by atoms with Gasteiger partial charge in [-0.1, -0.05) is 23.4 Å². The Labute approximate surface area is 135 Å². The van der Waals surface area contributed by atoms with E-state index in [2.05, 4.69) is 32.8 Å². The molecule has 1 aromatic carbocycles. The molecule has 0 saturated carbocycles. The van der Waals surface area contributed by atoms with Crippen LogP contribution in [-0.2, 0) is 4.79 Å². The van der Waals surface area contributed by atoms with E-state index in [1.54, 1.807) is 13.0 Å². The van der Waals surface area contributed by atoms with E-state index in [4.69, 9.17) is 4.52 Å². The highest BCUT2D eigenvalue weighted by Gasteiger charge is 2.29. The number of carbonyl (C=O) groups excluding carboxylic acids is 1. The summed E-state index contributed by atoms with van der Waals surface area (Å²) in [6.07, 6.45) is 1.02. The number of nitrogens with one attached hydrogen (secondary N) is 2. The number of anilines is 2. The van der Waals surface area contributed by atoms with Crippen LogP contribution in [0, 0.1) is 6.92 Å². The Morgan fingerprint density at radius 2 is 2.17 bits per heavy atom. The van der Waals surface area contributed by atoms with Gasteiger partial charge in [-0.15, -0.1) is 0 Å². The van der Waals surface area contributed by atoms with Crippen LogP contribution in [-0.4, -0.2) is 41.1 Å². The van der Waals surface area contributed by atoms with Crippen molar-refractivity contribution in [2.24, 2.45) is 0 Å². The summed E-state index contributed by atoms with van der Waals surface area (Å²) in [5, 5.41) is 10.1. The fourth-order valence-electron chi connectivity index (χ4n) is 2.85. The van der Waals surface area contributed by atoms with Crippen LogP contribution in [0.4, 0.5) is 11.5 Å². The second-order valence-corrected chi connectivity index (χ2v) is 5.98. The van der Waals surface area contributed by atoms with Gasteiger partial charge in [-0.2, -0.15) is 0 Å². The minimum Gasteiger partial charge on any atom is -0.381 e. The fraction of sp³-hybridized carbons (Fsp3) is 0.412. The van der Waals surface area contributed by atoms with Crippen LogP contribution in [0.3, 0.4) is 0 Å². The molecule has 6 nitrogen and oxygen atoms in total. The maximum absolute atomic E-state index is 12.3. The first-order chi connectivity index (χ1) is 11.1. The van der Waals surface area contributed by atoms with Crippen LogP contribution >= 0.6 is 0 Å². The Morgan fingerprint density at radius 1 is 1.39 bits per heavy atom. The number of hydrogen-bond acceptors (Lipinski definition) is 5. The Balaban J connectivity index is 1.52. The normalized spacial score (nSPS) is 19.5. The summed E-state index contributed by atoms with van der Waals surface area (Å²) in [7, 11) is 0. The number of rotatable bonds is 5. The van der Waals surface area contributed by atoms with Gasteiger partial charge < -0.3 is 15.2 Å². The molecule has 2 atom stereocenters. The number of aromatic nitrogens is 1. The third-order valence-electron chi connectivity index (χ3n) is 4.17. The van der Waals surface area contributed by atoms with Crippen LogP contribution in [0.1, 0.15) is 19.1 Å². The van der Waals surface area contributed by atoms with Gasteiger partial charge in [0.2, 0.25) is 5.91 Å². The van der Waals surface area contributed by atoms with Gasteiger partial charge in [0.1, 0.15) is 5.76 Å². The molecule has 1 fully saturated rings. The van der Waals surface area contributed by atoms with E-state index in [1.165, 1.54) is 0 Å². The Bertz CT molecular complexity index is 656. The van der Waals surface area contributed by atoms with Crippen molar-refractivity contribution in [3.8, 4) is 0 Å². The molecular weight excluding hydrogens is 292 g/mol. The monoisotopic (exact) mass is 314 g/mol. The molecule has 23 heavy (non-hydrogen) atoms. The van der Waals surface area contributed by atoms with E-state index in [0.29, 0.717) is 17.6 Å². The first kappa shape index (κ1) is 15.6. The Hall–Kier alpha value is -2.34. The summed E-state index contributed by atoms with van der Waals surface area (Å²) in [5.41, 5.74) is 1.12. The molecule has 0 radical (unpaired) electrons. The molecule has 2 heterocycles. The van der Waals surface area contributed by atoms with Gasteiger partial charge >= 0.3 is 0 Å². The lowest BCUT2D eigenvalue weighted by Gasteiger charge is -2.23. The van der Waals surface area contributed by atoms with Crippen molar-refractivity contribution in [2.45, 2.75) is 32.4 Å². The van der Waals surface area contributed by atoms with Crippen LogP contribution in [0.5, 0.6) is 0 Å². The van der Waals surface area contributed by atoms with Crippen molar-refractivity contribution >= 4 is 17.4 Å². The molecule has 122 valence electrons. The number of benzene rings is 1. The number of aryl methyl sites for hydroxylation is 1. The molecule has 3 rings (SSSR count). The summed E-state index contributed by atoms with van der Waals surface area (Å²) < 4.78 is 4.97. The van der Waals surface area contributed by atoms with Gasteiger partial charge in [0, 0.05) is 30.9 Å². The van der Waals surface area contributed by atoms with Gasteiger partial charge in [0.15, 0.2) is 5.82 Å². The number of nitrogens with zero attached hydrogens (tertiary/aromatic N) is 2. The van der Waals surface area contributed by atoms with Crippen molar-refractivity contribution in [3.05, 3.63) is 42.2 Å². The average Bonchev–Trinajstić information content (AvgIpc) is 3.17. The lowest BCUT2D eigenvalue weighted by atomic mass is 10.2. The molecule has 1 aliphatic rings. The second-order valence-electron chi connectivity index (χ2n) is 5.98. The number of likely N-dealkylation sites (tertiary alicyclic amines) is 1. The van der Waals surface area contributed by atoms with Crippen molar-refractivity contribution in [1.29, 1.82) is 0 Å². The van der Waals surface area contributed by atoms with Crippen LogP contribution in [0.25, 0.3) is 0 Å². The number of para-hydroxylation sites is 1. The topological polar surface area (TPSA) is 70.4 Å². The van der Waals surface area contributed by atoms with Gasteiger partial charge in [-0.25, -0.2) is 0 Å². The van der Waals surface area contributed by atoms with Crippen molar-refractivity contribution in [2.75, 3.05) is 23.7 Å². The van der Waals surface area contributed by atoms with E-state index >= 15 is 0 Å². The Morgan fingerprint density at radius 3 is 2.87 bits per heavy atom. The molecule has 6 heteroatoms. The van der Waals surface area contributed by atoms with E-state index in [1.807, 2.05) is 25.1 Å². The summed E-state index contributed by atoms with van der Waals surface area (Å²) in [4.78, 5) is 14.5. The molecule has 2 aromatic rings. The number of amides is 1. The quantitative estimate of drug-likeness (QED) is 0.887. The molecule has 1 aliphatic heterocycles. The molecule has 2 N–H and O–H groups in total. The molecule has 1 aromatic heterocycles. The van der Waals surface area contributed by atoms with Gasteiger partial charge in [0.05, 0.1) is 6.04 Å². The summed E-state index contributed by atoms with van der Waals surface area (Å²) in [5.74, 6) is 1.09. The van der Waals surface area contributed by atoms with Gasteiger partial charge in [0.25, 0.3) is 0 Å². The highest BCUT2D eigenvalue weighted by atomic mass is 16.5. The maximum Gasteiger partial charge on any atom is 0.242 e. The number of hydrogen-bond donors (Lipinski definition) is 2. The third-order valence-corrected chi connectivity index (χ3v) is 4.17. The molecule has 0 bridgehead atoms. The minimum absolute atomic E-state index is 0.0568. The fourth-order valence-corrected chi connectivity index (χ4v) is 2.85. The highest BCUT2D eigenvalue weighted by Crippen LogP contribution is 2.18. The molecule has 1 amide bonds. The van der Waals surface area contributed by atoms with Gasteiger partial charge in [-0.05, 0) is 32.4 Å². The first-order valence-corrected chi connectivity index (χ1v) is 7.91. The largest absolute Gasteiger partial charge is 0.381 e. The molecule has 1 saturated heterocycles. The van der Waals surface area contributed by atoms with Crippen molar-refractivity contribution in [1.82, 2.24) is 10.1 Å². The molecule has 0 aliphatic carbocycles. The zero-order chi connectivity index (χ0) is 16.2. The maximum atomic E-state index is 12.3. The second kappa shape index (κ2) is 6.83. The van der Waals surface area contributed by atoms with Crippen LogP contribution in [0.15, 0.2) is 40.9 Å². The molecule has 0 spiro atoms. The average molecular weight is 314 g/mol. The zero-order valence-electron chi connectivity index (χ0n) is 13.5. The van der Waals surface area contributed by atoms with Crippen molar-refractivity contribution in [3.63, 3.8) is 0 Å². The molecular formula is C17H22N4O2. The molecule has 0 unspecified atom stereocenters. The Kier molecular flexibility index (Phi) is 4.62. The highest BCUT2D eigenvalue weighted by molar-refractivity contribution is 5.93. The summed E-state index contributed by atoms with van der Waals surface area (Å²) in [6, 6.07) is 12.0. The standard InChI is InChI=1S/C17H22N4O2/c1-12-10-16(20-23-12)19-17(22)13(2)21-9-8-15(11-21)18-14-6-4-3-5-7-14/h3-7,10,13,15,18H,8-9,11H2,1-2H3,(H,19,20,22)/t13-,15+/m1/s1. The van der Waals surface area contributed by atoms with Crippen LogP contribution in [0.2, 0.25) is 0 Å². The summed E-state index contributed by atoms with van der Waals surface area (Å²) in [6.45, 7) is 5.47. The minimum atomic E-state index is -0.199. The smallest absolute Gasteiger partial charge is 0.242 e. The van der Waals surface area contributed by atoms with Gasteiger partial charge in [-0.3, -0.25) is 9.69 Å². The van der Waals surface area contributed by atoms with E-state index in [-0.39, 0.29) is 11.9 Å². The van der Waals surface area contributed by atoms with E-state index in [9.17, 15) is 4.79 Å². The predicted octanol–water partition coefficient (Wildman–Crippen LogP) is 2.50. The first-order valence-electron chi connectivity index (χ1n) is 7.91. The SMILES string of the molecule is Cc1cc(NC(=O)[C@@H](C)N2CC[C@H](Nc3ccccc3)C2)no1. The van der Waals surface area contributed by atoms with E-state index in [0.717, 1.165) is 25.2 Å². The van der Waals surface area contributed by atoms with Crippen LogP contribution < -0.4 is 10.6 Å². The number of carbonyl (C=O) groups is 1. The lowest BCUT2D eigenvalue weighted by Crippen LogP contribution is -2.41. The lowest BCUT2D eigenvalue weighted by molar-refractivity contribution is -0.120.